The number of halogens is 1. The lowest BCUT2D eigenvalue weighted by atomic mass is 9.78. The van der Waals surface area contributed by atoms with Gasteiger partial charge in [-0.2, -0.15) is 0 Å². The molecule has 0 heterocycles. The van der Waals surface area contributed by atoms with Gasteiger partial charge in [-0.3, -0.25) is 0 Å². The van der Waals surface area contributed by atoms with Crippen LogP contribution in [-0.2, 0) is 6.42 Å². The van der Waals surface area contributed by atoms with Gasteiger partial charge in [-0.15, -0.1) is 11.6 Å². The molecule has 0 spiro atoms. The van der Waals surface area contributed by atoms with Crippen molar-refractivity contribution in [2.75, 3.05) is 13.0 Å². The van der Waals surface area contributed by atoms with E-state index < -0.39 is 0 Å². The summed E-state index contributed by atoms with van der Waals surface area (Å²) >= 11 is 6.17. The molecule has 0 aliphatic rings. The Balaban J connectivity index is 3.03. The first-order valence-electron chi connectivity index (χ1n) is 6.30. The van der Waals surface area contributed by atoms with Crippen LogP contribution in [0.1, 0.15) is 37.8 Å². The van der Waals surface area contributed by atoms with E-state index in [1.54, 1.807) is 7.11 Å². The maximum atomic E-state index is 6.17. The Morgan fingerprint density at radius 2 is 1.88 bits per heavy atom. The topological polar surface area (TPSA) is 9.23 Å². The van der Waals surface area contributed by atoms with Crippen molar-refractivity contribution >= 4 is 11.6 Å². The van der Waals surface area contributed by atoms with E-state index in [0.717, 1.165) is 25.0 Å². The maximum absolute atomic E-state index is 6.17. The number of ether oxygens (including phenoxy) is 1. The van der Waals surface area contributed by atoms with Gasteiger partial charge in [0.15, 0.2) is 0 Å². The van der Waals surface area contributed by atoms with E-state index in [2.05, 4.69) is 39.0 Å². The minimum absolute atomic E-state index is 0.197. The van der Waals surface area contributed by atoms with Crippen LogP contribution in [0.15, 0.2) is 18.2 Å². The van der Waals surface area contributed by atoms with Crippen LogP contribution >= 0.6 is 11.6 Å². The van der Waals surface area contributed by atoms with Crippen molar-refractivity contribution in [3.8, 4) is 5.75 Å². The van der Waals surface area contributed by atoms with Crippen molar-refractivity contribution in [2.24, 2.45) is 5.41 Å². The SMILES string of the molecule is CCC(CC)(CCl)Cc1cc(C)ccc1OC. The molecule has 0 N–H and O–H groups in total. The first kappa shape index (κ1) is 14.4. The third kappa shape index (κ3) is 3.38. The van der Waals surface area contributed by atoms with Gasteiger partial charge in [0.1, 0.15) is 5.75 Å². The number of rotatable bonds is 6. The largest absolute Gasteiger partial charge is 0.496 e. The fourth-order valence-corrected chi connectivity index (χ4v) is 2.66. The van der Waals surface area contributed by atoms with E-state index in [0.29, 0.717) is 5.88 Å². The molecule has 0 saturated heterocycles. The molecule has 0 bridgehead atoms. The molecule has 1 aromatic rings. The van der Waals surface area contributed by atoms with Crippen LogP contribution in [0.3, 0.4) is 0 Å². The zero-order chi connectivity index (χ0) is 12.9. The van der Waals surface area contributed by atoms with Gasteiger partial charge in [-0.05, 0) is 43.2 Å². The van der Waals surface area contributed by atoms with E-state index in [-0.39, 0.29) is 5.41 Å². The quantitative estimate of drug-likeness (QED) is 0.675. The number of hydrogen-bond donors (Lipinski definition) is 0. The molecular formula is C15H23ClO. The van der Waals surface area contributed by atoms with Crippen molar-refractivity contribution in [3.63, 3.8) is 0 Å². The van der Waals surface area contributed by atoms with Crippen molar-refractivity contribution in [1.29, 1.82) is 0 Å². The van der Waals surface area contributed by atoms with Gasteiger partial charge >= 0.3 is 0 Å². The van der Waals surface area contributed by atoms with Crippen LogP contribution in [0.25, 0.3) is 0 Å². The van der Waals surface area contributed by atoms with Gasteiger partial charge < -0.3 is 4.74 Å². The Kier molecular flexibility index (Phi) is 5.32. The molecule has 1 aromatic carbocycles. The zero-order valence-electron chi connectivity index (χ0n) is 11.3. The van der Waals surface area contributed by atoms with Gasteiger partial charge in [-0.1, -0.05) is 31.5 Å². The lowest BCUT2D eigenvalue weighted by Crippen LogP contribution is -2.24. The van der Waals surface area contributed by atoms with E-state index >= 15 is 0 Å². The van der Waals surface area contributed by atoms with Crippen molar-refractivity contribution < 1.29 is 4.74 Å². The minimum atomic E-state index is 0.197. The van der Waals surface area contributed by atoms with E-state index in [1.807, 2.05) is 0 Å². The highest BCUT2D eigenvalue weighted by molar-refractivity contribution is 6.18. The Morgan fingerprint density at radius 1 is 1.24 bits per heavy atom. The second-order valence-corrected chi connectivity index (χ2v) is 5.10. The molecule has 0 aliphatic carbocycles. The van der Waals surface area contributed by atoms with E-state index in [9.17, 15) is 0 Å². The summed E-state index contributed by atoms with van der Waals surface area (Å²) in [5, 5.41) is 0. The molecule has 1 nitrogen and oxygen atoms in total. The molecule has 0 amide bonds. The van der Waals surface area contributed by atoms with Gasteiger partial charge in [0.05, 0.1) is 7.11 Å². The van der Waals surface area contributed by atoms with Crippen LogP contribution in [0.5, 0.6) is 5.75 Å². The molecule has 0 radical (unpaired) electrons. The lowest BCUT2D eigenvalue weighted by molar-refractivity contribution is 0.295. The third-order valence-electron chi connectivity index (χ3n) is 3.78. The first-order valence-corrected chi connectivity index (χ1v) is 6.83. The molecule has 1 rings (SSSR count). The number of hydrogen-bond acceptors (Lipinski definition) is 1. The Morgan fingerprint density at radius 3 is 2.35 bits per heavy atom. The van der Waals surface area contributed by atoms with Crippen molar-refractivity contribution in [2.45, 2.75) is 40.0 Å². The minimum Gasteiger partial charge on any atom is -0.496 e. The summed E-state index contributed by atoms with van der Waals surface area (Å²) in [6.45, 7) is 6.55. The lowest BCUT2D eigenvalue weighted by Gasteiger charge is -2.30. The van der Waals surface area contributed by atoms with E-state index in [1.165, 1.54) is 11.1 Å². The summed E-state index contributed by atoms with van der Waals surface area (Å²) in [4.78, 5) is 0. The van der Waals surface area contributed by atoms with Crippen LogP contribution in [-0.4, -0.2) is 13.0 Å². The van der Waals surface area contributed by atoms with Crippen LogP contribution in [0, 0.1) is 12.3 Å². The normalized spacial score (nSPS) is 11.6. The summed E-state index contributed by atoms with van der Waals surface area (Å²) in [6.07, 6.45) is 3.20. The standard InChI is InChI=1S/C15H23ClO/c1-5-15(6-2,11-16)10-13-9-12(3)7-8-14(13)17-4/h7-9H,5-6,10-11H2,1-4H3. The van der Waals surface area contributed by atoms with Crippen molar-refractivity contribution in [3.05, 3.63) is 29.3 Å². The average molecular weight is 255 g/mol. The molecule has 0 aromatic heterocycles. The summed E-state index contributed by atoms with van der Waals surface area (Å²) in [7, 11) is 1.73. The molecule has 0 atom stereocenters. The van der Waals surface area contributed by atoms with Crippen LogP contribution < -0.4 is 4.74 Å². The highest BCUT2D eigenvalue weighted by atomic mass is 35.5. The molecule has 2 heteroatoms. The Bertz CT molecular complexity index is 348. The second-order valence-electron chi connectivity index (χ2n) is 4.83. The zero-order valence-corrected chi connectivity index (χ0v) is 12.1. The first-order chi connectivity index (χ1) is 8.10. The molecule has 0 unspecified atom stereocenters. The Labute approximate surface area is 110 Å². The average Bonchev–Trinajstić information content (AvgIpc) is 2.36. The summed E-state index contributed by atoms with van der Waals surface area (Å²) < 4.78 is 5.44. The molecule has 17 heavy (non-hydrogen) atoms. The van der Waals surface area contributed by atoms with E-state index in [4.69, 9.17) is 16.3 Å². The molecular weight excluding hydrogens is 232 g/mol. The van der Waals surface area contributed by atoms with Gasteiger partial charge in [-0.25, -0.2) is 0 Å². The summed E-state index contributed by atoms with van der Waals surface area (Å²) in [5.74, 6) is 1.68. The fourth-order valence-electron chi connectivity index (χ4n) is 2.19. The molecule has 0 saturated carbocycles. The fraction of sp³-hybridized carbons (Fsp3) is 0.600. The molecule has 0 fully saturated rings. The number of benzene rings is 1. The van der Waals surface area contributed by atoms with Gasteiger partial charge in [0.2, 0.25) is 0 Å². The number of methoxy groups -OCH3 is 1. The highest BCUT2D eigenvalue weighted by Gasteiger charge is 2.26. The third-order valence-corrected chi connectivity index (χ3v) is 4.35. The van der Waals surface area contributed by atoms with Crippen molar-refractivity contribution in [1.82, 2.24) is 0 Å². The molecule has 96 valence electrons. The maximum Gasteiger partial charge on any atom is 0.122 e. The number of aryl methyl sites for hydroxylation is 1. The van der Waals surface area contributed by atoms with Crippen LogP contribution in [0.2, 0.25) is 0 Å². The van der Waals surface area contributed by atoms with Gasteiger partial charge in [0, 0.05) is 5.88 Å². The molecule has 0 aliphatic heterocycles. The Hall–Kier alpha value is -0.690. The second kappa shape index (κ2) is 6.30. The monoisotopic (exact) mass is 254 g/mol. The summed E-state index contributed by atoms with van der Waals surface area (Å²) in [6, 6.07) is 6.35. The summed E-state index contributed by atoms with van der Waals surface area (Å²) in [5.41, 5.74) is 2.75. The highest BCUT2D eigenvalue weighted by Crippen LogP contribution is 2.35. The smallest absolute Gasteiger partial charge is 0.122 e. The van der Waals surface area contributed by atoms with Gasteiger partial charge in [0.25, 0.3) is 0 Å². The van der Waals surface area contributed by atoms with Crippen LogP contribution in [0.4, 0.5) is 0 Å². The number of alkyl halides is 1. The predicted molar refractivity (Wildman–Crippen MR) is 75.2 cm³/mol. The predicted octanol–water partition coefficient (Wildman–Crippen LogP) is 4.59.